The fraction of sp³-hybridized carbons (Fsp3) is 0.500. The van der Waals surface area contributed by atoms with Crippen molar-refractivity contribution in [2.24, 2.45) is 0 Å². The molecule has 0 amide bonds. The minimum Gasteiger partial charge on any atom is -0.508 e. The molecule has 13 nitrogen and oxygen atoms in total. The molecule has 2 heterocycles. The Hall–Kier alpha value is -2.85. The monoisotopic (exact) mass is 552 g/mol. The Morgan fingerprint density at radius 3 is 2.44 bits per heavy atom. The lowest BCUT2D eigenvalue weighted by Gasteiger charge is -2.43. The van der Waals surface area contributed by atoms with Gasteiger partial charge >= 0.3 is 0 Å². The lowest BCUT2D eigenvalue weighted by molar-refractivity contribution is -0.287. The topological polar surface area (TPSA) is 227 Å². The van der Waals surface area contributed by atoms with Crippen molar-refractivity contribution in [3.8, 4) is 17.2 Å². The number of phenols is 3. The van der Waals surface area contributed by atoms with E-state index in [2.05, 4.69) is 0 Å². The van der Waals surface area contributed by atoms with Gasteiger partial charge in [0.2, 0.25) is 0 Å². The van der Waals surface area contributed by atoms with Crippen molar-refractivity contribution < 1.29 is 65.0 Å². The van der Waals surface area contributed by atoms with Crippen LogP contribution in [0.5, 0.6) is 17.2 Å². The first-order chi connectivity index (χ1) is 18.5. The number of phenolic OH excluding ortho intramolecular Hbond substituents is 3. The summed E-state index contributed by atoms with van der Waals surface area (Å²) >= 11 is 0. The number of benzene rings is 2. The van der Waals surface area contributed by atoms with Gasteiger partial charge < -0.3 is 60.2 Å². The Kier molecular flexibility index (Phi) is 8.75. The Bertz CT molecular complexity index is 1170. The maximum atomic E-state index is 13.0. The molecule has 214 valence electrons. The van der Waals surface area contributed by atoms with Crippen LogP contribution in [0.2, 0.25) is 0 Å². The highest BCUT2D eigenvalue weighted by atomic mass is 16.7. The molecule has 2 aliphatic rings. The molecule has 39 heavy (non-hydrogen) atoms. The van der Waals surface area contributed by atoms with Gasteiger partial charge in [-0.05, 0) is 36.2 Å². The summed E-state index contributed by atoms with van der Waals surface area (Å²) in [6, 6.07) is 8.62. The number of aromatic hydroxyl groups is 3. The van der Waals surface area contributed by atoms with E-state index in [-0.39, 0.29) is 24.2 Å². The molecule has 13 heteroatoms. The summed E-state index contributed by atoms with van der Waals surface area (Å²) < 4.78 is 16.6. The van der Waals surface area contributed by atoms with Crippen LogP contribution in [-0.2, 0) is 20.6 Å². The van der Waals surface area contributed by atoms with E-state index in [9.17, 15) is 50.8 Å². The normalized spacial score (nSPS) is 32.8. The maximum absolute atomic E-state index is 13.0. The van der Waals surface area contributed by atoms with Gasteiger partial charge in [-0.1, -0.05) is 12.1 Å². The van der Waals surface area contributed by atoms with E-state index in [0.717, 1.165) is 6.07 Å². The van der Waals surface area contributed by atoms with Gasteiger partial charge in [0.1, 0.15) is 59.5 Å². The molecule has 8 atom stereocenters. The van der Waals surface area contributed by atoms with Crippen LogP contribution in [0, 0.1) is 0 Å². The molecule has 2 aromatic rings. The summed E-state index contributed by atoms with van der Waals surface area (Å²) in [5, 5.41) is 92.4. The minimum absolute atomic E-state index is 0.0307. The molecule has 2 fully saturated rings. The highest BCUT2D eigenvalue weighted by Crippen LogP contribution is 2.45. The van der Waals surface area contributed by atoms with Gasteiger partial charge in [0.25, 0.3) is 0 Å². The van der Waals surface area contributed by atoms with Crippen molar-refractivity contribution in [1.29, 1.82) is 0 Å². The summed E-state index contributed by atoms with van der Waals surface area (Å²) in [5.74, 6) is -1.75. The van der Waals surface area contributed by atoms with Gasteiger partial charge in [0, 0.05) is 6.42 Å². The first-order valence-corrected chi connectivity index (χ1v) is 12.3. The minimum atomic E-state index is -2.07. The fourth-order valence-electron chi connectivity index (χ4n) is 4.75. The Labute approximate surface area is 222 Å². The Morgan fingerprint density at radius 1 is 1.05 bits per heavy atom. The van der Waals surface area contributed by atoms with Crippen molar-refractivity contribution in [3.63, 3.8) is 0 Å². The van der Waals surface area contributed by atoms with Crippen LogP contribution in [-0.4, -0.2) is 114 Å². The second-order valence-corrected chi connectivity index (χ2v) is 9.73. The van der Waals surface area contributed by atoms with E-state index >= 15 is 0 Å². The molecule has 0 radical (unpaired) electrons. The van der Waals surface area contributed by atoms with Crippen LogP contribution in [0.25, 0.3) is 0 Å². The van der Waals surface area contributed by atoms with Gasteiger partial charge in [-0.25, -0.2) is 0 Å². The molecule has 0 aromatic heterocycles. The van der Waals surface area contributed by atoms with E-state index < -0.39 is 91.2 Å². The van der Waals surface area contributed by atoms with Crippen molar-refractivity contribution in [2.45, 2.75) is 61.4 Å². The number of aliphatic hydroxyl groups is 6. The lowest BCUT2D eigenvalue weighted by atomic mass is 9.88. The summed E-state index contributed by atoms with van der Waals surface area (Å²) in [6.45, 7) is -2.16. The molecule has 0 bridgehead atoms. The third-order valence-corrected chi connectivity index (χ3v) is 7.07. The number of ether oxygens (including phenoxy) is 3. The number of rotatable bonds is 9. The number of ketones is 1. The molecule has 9 N–H and O–H groups in total. The zero-order valence-corrected chi connectivity index (χ0v) is 20.7. The molecular formula is C26H32O13. The molecule has 0 aliphatic carbocycles. The van der Waals surface area contributed by atoms with Gasteiger partial charge in [0.05, 0.1) is 30.9 Å². The summed E-state index contributed by atoms with van der Waals surface area (Å²) in [4.78, 5) is 13.0. The van der Waals surface area contributed by atoms with Crippen LogP contribution in [0.3, 0.4) is 0 Å². The SMILES string of the molecule is O=C(CCc1cccc(O)c1)c1ccc(O)c([C@@H]2O[C@H](CO)[C@@H](O)[C@H](O)[C@H]2O[C@@H]2OC[C@](O)(CO)[C@H]2O)c1O. The zero-order chi connectivity index (χ0) is 28.5. The summed E-state index contributed by atoms with van der Waals surface area (Å²) in [5.41, 5.74) is -1.98. The number of hydrogen-bond donors (Lipinski definition) is 9. The molecule has 2 saturated heterocycles. The lowest BCUT2D eigenvalue weighted by Crippen LogP contribution is -2.58. The molecule has 2 aromatic carbocycles. The highest BCUT2D eigenvalue weighted by Gasteiger charge is 2.53. The summed E-state index contributed by atoms with van der Waals surface area (Å²) in [6.07, 6.45) is -11.4. The van der Waals surface area contributed by atoms with E-state index in [1.807, 2.05) is 0 Å². The largest absolute Gasteiger partial charge is 0.508 e. The third kappa shape index (κ3) is 5.72. The van der Waals surface area contributed by atoms with E-state index in [1.165, 1.54) is 18.2 Å². The maximum Gasteiger partial charge on any atom is 0.187 e. The first kappa shape index (κ1) is 29.1. The van der Waals surface area contributed by atoms with Crippen LogP contribution in [0.4, 0.5) is 0 Å². The van der Waals surface area contributed by atoms with Crippen molar-refractivity contribution in [1.82, 2.24) is 0 Å². The fourth-order valence-corrected chi connectivity index (χ4v) is 4.75. The standard InChI is InChI=1S/C26H32O13/c27-9-17-20(33)21(34)23(39-25-24(35)26(36,10-28)11-37-25)22(38-17)18-16(31)7-5-14(19(18)32)15(30)6-4-12-2-1-3-13(29)8-12/h1-3,5,7-8,17,20-25,27-29,31-36H,4,6,9-11H2/t17-,20-,21+,22+,23-,24+,25+,26-/m1/s1. The number of carbonyl (C=O) groups excluding carboxylic acids is 1. The van der Waals surface area contributed by atoms with Crippen LogP contribution >= 0.6 is 0 Å². The Balaban J connectivity index is 1.64. The second-order valence-electron chi connectivity index (χ2n) is 9.73. The highest BCUT2D eigenvalue weighted by molar-refractivity contribution is 5.99. The molecule has 4 rings (SSSR count). The molecule has 0 saturated carbocycles. The third-order valence-electron chi connectivity index (χ3n) is 7.07. The average molecular weight is 553 g/mol. The zero-order valence-electron chi connectivity index (χ0n) is 20.7. The van der Waals surface area contributed by atoms with Crippen LogP contribution in [0.1, 0.15) is 34.0 Å². The molecule has 0 spiro atoms. The van der Waals surface area contributed by atoms with Gasteiger partial charge in [-0.15, -0.1) is 0 Å². The smallest absolute Gasteiger partial charge is 0.187 e. The van der Waals surface area contributed by atoms with Gasteiger partial charge in [0.15, 0.2) is 12.1 Å². The van der Waals surface area contributed by atoms with Gasteiger partial charge in [-0.2, -0.15) is 0 Å². The number of carbonyl (C=O) groups is 1. The molecule has 0 unspecified atom stereocenters. The number of aryl methyl sites for hydroxylation is 1. The van der Waals surface area contributed by atoms with Crippen molar-refractivity contribution in [3.05, 3.63) is 53.1 Å². The van der Waals surface area contributed by atoms with Gasteiger partial charge in [-0.3, -0.25) is 4.79 Å². The predicted molar refractivity (Wildman–Crippen MR) is 130 cm³/mol. The van der Waals surface area contributed by atoms with Crippen molar-refractivity contribution >= 4 is 5.78 Å². The van der Waals surface area contributed by atoms with Crippen LogP contribution in [0.15, 0.2) is 36.4 Å². The second kappa shape index (κ2) is 11.7. The number of aliphatic hydroxyl groups excluding tert-OH is 5. The predicted octanol–water partition coefficient (Wildman–Crippen LogP) is -1.40. The van der Waals surface area contributed by atoms with Crippen LogP contribution < -0.4 is 0 Å². The Morgan fingerprint density at radius 2 is 1.79 bits per heavy atom. The summed E-state index contributed by atoms with van der Waals surface area (Å²) in [7, 11) is 0. The number of Topliss-reactive ketones (excluding diaryl/α,β-unsaturated/α-hetero) is 1. The van der Waals surface area contributed by atoms with E-state index in [1.54, 1.807) is 12.1 Å². The van der Waals surface area contributed by atoms with E-state index in [0.29, 0.717) is 5.56 Å². The van der Waals surface area contributed by atoms with Crippen molar-refractivity contribution in [2.75, 3.05) is 19.8 Å². The average Bonchev–Trinajstić information content (AvgIpc) is 3.20. The first-order valence-electron chi connectivity index (χ1n) is 12.3. The van der Waals surface area contributed by atoms with E-state index in [4.69, 9.17) is 14.2 Å². The molecular weight excluding hydrogens is 520 g/mol. The number of hydrogen-bond acceptors (Lipinski definition) is 13. The molecule has 2 aliphatic heterocycles. The quantitative estimate of drug-likeness (QED) is 0.163.